The zero-order chi connectivity index (χ0) is 15.1. The van der Waals surface area contributed by atoms with E-state index in [9.17, 15) is 0 Å². The Labute approximate surface area is 129 Å². The van der Waals surface area contributed by atoms with E-state index >= 15 is 0 Å². The molecule has 2 N–H and O–H groups in total. The third-order valence-corrected chi connectivity index (χ3v) is 3.10. The highest BCUT2D eigenvalue weighted by atomic mass is 32.1. The molecule has 0 aromatic heterocycles. The van der Waals surface area contributed by atoms with Crippen LogP contribution < -0.4 is 15.5 Å². The van der Waals surface area contributed by atoms with Crippen molar-refractivity contribution in [2.24, 2.45) is 5.10 Å². The molecular formula is C16H17N3OS. The molecule has 4 nitrogen and oxygen atoms in total. The average Bonchev–Trinajstić information content (AvgIpc) is 2.50. The molecule has 0 aliphatic carbocycles. The van der Waals surface area contributed by atoms with Crippen molar-refractivity contribution >= 4 is 29.2 Å². The van der Waals surface area contributed by atoms with Gasteiger partial charge in [0.15, 0.2) is 5.11 Å². The van der Waals surface area contributed by atoms with Gasteiger partial charge in [0.1, 0.15) is 5.75 Å². The summed E-state index contributed by atoms with van der Waals surface area (Å²) >= 11 is 5.21. The number of ether oxygens (including phenoxy) is 1. The van der Waals surface area contributed by atoms with Crippen molar-refractivity contribution in [3.8, 4) is 5.75 Å². The van der Waals surface area contributed by atoms with Crippen LogP contribution in [-0.2, 0) is 0 Å². The van der Waals surface area contributed by atoms with Gasteiger partial charge in [-0.1, -0.05) is 30.3 Å². The van der Waals surface area contributed by atoms with Gasteiger partial charge in [-0.3, -0.25) is 5.43 Å². The maximum Gasteiger partial charge on any atom is 0.191 e. The van der Waals surface area contributed by atoms with Crippen LogP contribution in [0.15, 0.2) is 53.6 Å². The summed E-state index contributed by atoms with van der Waals surface area (Å²) in [6, 6.07) is 15.6. The van der Waals surface area contributed by atoms with E-state index in [-0.39, 0.29) is 0 Å². The minimum atomic E-state index is 0.440. The lowest BCUT2D eigenvalue weighted by Gasteiger charge is -2.09. The number of benzene rings is 2. The van der Waals surface area contributed by atoms with Crippen molar-refractivity contribution in [2.75, 3.05) is 12.4 Å². The second-order valence-electron chi connectivity index (χ2n) is 4.38. The molecule has 0 bridgehead atoms. The van der Waals surface area contributed by atoms with Crippen molar-refractivity contribution in [3.63, 3.8) is 0 Å². The predicted octanol–water partition coefficient (Wildman–Crippen LogP) is 3.32. The molecule has 2 aromatic carbocycles. The first kappa shape index (κ1) is 15.0. The van der Waals surface area contributed by atoms with Gasteiger partial charge in [0.25, 0.3) is 0 Å². The van der Waals surface area contributed by atoms with Crippen molar-refractivity contribution in [2.45, 2.75) is 6.92 Å². The fourth-order valence-electron chi connectivity index (χ4n) is 1.80. The van der Waals surface area contributed by atoms with Crippen LogP contribution in [0.25, 0.3) is 0 Å². The summed E-state index contributed by atoms with van der Waals surface area (Å²) in [5, 5.41) is 7.66. The first-order valence-electron chi connectivity index (χ1n) is 6.49. The van der Waals surface area contributed by atoms with E-state index in [1.165, 1.54) is 0 Å². The number of hydrogen-bond donors (Lipinski definition) is 2. The van der Waals surface area contributed by atoms with Gasteiger partial charge in [0.05, 0.1) is 13.3 Å². The highest BCUT2D eigenvalue weighted by Gasteiger charge is 2.00. The maximum atomic E-state index is 5.25. The standard InChI is InChI=1S/C16H17N3OS/c1-12-7-3-5-9-14(12)18-16(21)19-17-11-13-8-4-6-10-15(13)20-2/h3-11H,1-2H3,(H2,18,19,21)/b17-11-. The Morgan fingerprint density at radius 2 is 1.86 bits per heavy atom. The molecule has 0 radical (unpaired) electrons. The molecule has 21 heavy (non-hydrogen) atoms. The van der Waals surface area contributed by atoms with Crippen LogP contribution in [-0.4, -0.2) is 18.4 Å². The monoisotopic (exact) mass is 299 g/mol. The molecule has 2 rings (SSSR count). The molecule has 0 heterocycles. The minimum Gasteiger partial charge on any atom is -0.496 e. The number of anilines is 1. The topological polar surface area (TPSA) is 45.6 Å². The average molecular weight is 299 g/mol. The molecule has 108 valence electrons. The molecule has 0 spiro atoms. The lowest BCUT2D eigenvalue weighted by Crippen LogP contribution is -2.24. The number of aryl methyl sites for hydroxylation is 1. The van der Waals surface area contributed by atoms with Crippen LogP contribution in [0, 0.1) is 6.92 Å². The van der Waals surface area contributed by atoms with Crippen LogP contribution in [0.5, 0.6) is 5.75 Å². The van der Waals surface area contributed by atoms with Gasteiger partial charge >= 0.3 is 0 Å². The highest BCUT2D eigenvalue weighted by molar-refractivity contribution is 7.80. The number of hydrogen-bond acceptors (Lipinski definition) is 3. The summed E-state index contributed by atoms with van der Waals surface area (Å²) in [4.78, 5) is 0. The summed E-state index contributed by atoms with van der Waals surface area (Å²) < 4.78 is 5.25. The van der Waals surface area contributed by atoms with E-state index in [0.29, 0.717) is 5.11 Å². The fourth-order valence-corrected chi connectivity index (χ4v) is 1.96. The van der Waals surface area contributed by atoms with Gasteiger partial charge in [-0.25, -0.2) is 0 Å². The van der Waals surface area contributed by atoms with E-state index in [1.807, 2.05) is 55.5 Å². The second-order valence-corrected chi connectivity index (χ2v) is 4.79. The van der Waals surface area contributed by atoms with E-state index < -0.39 is 0 Å². The van der Waals surface area contributed by atoms with Crippen LogP contribution >= 0.6 is 12.2 Å². The van der Waals surface area contributed by atoms with Gasteiger partial charge in [-0.05, 0) is 42.9 Å². The Kier molecular flexibility index (Phi) is 5.29. The number of nitrogens with zero attached hydrogens (tertiary/aromatic N) is 1. The third kappa shape index (κ3) is 4.29. The van der Waals surface area contributed by atoms with Crippen molar-refractivity contribution in [1.29, 1.82) is 0 Å². The number of thiocarbonyl (C=S) groups is 1. The summed E-state index contributed by atoms with van der Waals surface area (Å²) in [5.74, 6) is 0.765. The van der Waals surface area contributed by atoms with E-state index in [1.54, 1.807) is 13.3 Å². The smallest absolute Gasteiger partial charge is 0.191 e. The van der Waals surface area contributed by atoms with Crippen molar-refractivity contribution < 1.29 is 4.74 Å². The van der Waals surface area contributed by atoms with Crippen LogP contribution in [0.2, 0.25) is 0 Å². The van der Waals surface area contributed by atoms with Gasteiger partial charge in [-0.15, -0.1) is 0 Å². The first-order valence-corrected chi connectivity index (χ1v) is 6.90. The molecule has 0 unspecified atom stereocenters. The fraction of sp³-hybridized carbons (Fsp3) is 0.125. The maximum absolute atomic E-state index is 5.25. The second kappa shape index (κ2) is 7.40. The summed E-state index contributed by atoms with van der Waals surface area (Å²) in [6.07, 6.45) is 1.67. The molecule has 0 atom stereocenters. The Bertz CT molecular complexity index is 655. The Morgan fingerprint density at radius 3 is 2.62 bits per heavy atom. The molecular weight excluding hydrogens is 282 g/mol. The molecule has 0 saturated heterocycles. The summed E-state index contributed by atoms with van der Waals surface area (Å²) in [7, 11) is 1.63. The lowest BCUT2D eigenvalue weighted by molar-refractivity contribution is 0.414. The minimum absolute atomic E-state index is 0.440. The quantitative estimate of drug-likeness (QED) is 0.516. The molecule has 0 amide bonds. The number of para-hydroxylation sites is 2. The summed E-state index contributed by atoms with van der Waals surface area (Å²) in [6.45, 7) is 2.02. The van der Waals surface area contributed by atoms with Crippen LogP contribution in [0.4, 0.5) is 5.69 Å². The van der Waals surface area contributed by atoms with Gasteiger partial charge in [0, 0.05) is 11.3 Å². The Hall–Kier alpha value is -2.40. The molecule has 5 heteroatoms. The zero-order valence-electron chi connectivity index (χ0n) is 12.0. The molecule has 0 fully saturated rings. The zero-order valence-corrected chi connectivity index (χ0v) is 12.8. The molecule has 0 aliphatic rings. The Morgan fingerprint density at radius 1 is 1.14 bits per heavy atom. The number of methoxy groups -OCH3 is 1. The molecule has 0 saturated carbocycles. The normalized spacial score (nSPS) is 10.4. The van der Waals surface area contributed by atoms with Gasteiger partial charge in [-0.2, -0.15) is 5.10 Å². The van der Waals surface area contributed by atoms with Crippen LogP contribution in [0.1, 0.15) is 11.1 Å². The van der Waals surface area contributed by atoms with Crippen molar-refractivity contribution in [3.05, 3.63) is 59.7 Å². The SMILES string of the molecule is COc1ccccc1/C=N\NC(=S)Nc1ccccc1C. The van der Waals surface area contributed by atoms with Gasteiger partial charge in [0.2, 0.25) is 0 Å². The summed E-state index contributed by atoms with van der Waals surface area (Å²) in [5.41, 5.74) is 5.75. The van der Waals surface area contributed by atoms with Gasteiger partial charge < -0.3 is 10.1 Å². The lowest BCUT2D eigenvalue weighted by atomic mass is 10.2. The highest BCUT2D eigenvalue weighted by Crippen LogP contribution is 2.15. The van der Waals surface area contributed by atoms with E-state index in [0.717, 1.165) is 22.6 Å². The van der Waals surface area contributed by atoms with Crippen molar-refractivity contribution in [1.82, 2.24) is 5.43 Å². The Balaban J connectivity index is 1.95. The van der Waals surface area contributed by atoms with E-state index in [4.69, 9.17) is 17.0 Å². The van der Waals surface area contributed by atoms with Crippen LogP contribution in [0.3, 0.4) is 0 Å². The number of hydrazone groups is 1. The largest absolute Gasteiger partial charge is 0.496 e. The molecule has 2 aromatic rings. The predicted molar refractivity (Wildman–Crippen MR) is 91.1 cm³/mol. The number of rotatable bonds is 4. The third-order valence-electron chi connectivity index (χ3n) is 2.90. The van der Waals surface area contributed by atoms with E-state index in [2.05, 4.69) is 15.8 Å². The number of nitrogens with one attached hydrogen (secondary N) is 2. The molecule has 0 aliphatic heterocycles. The first-order chi connectivity index (χ1) is 10.2.